The van der Waals surface area contributed by atoms with Crippen LogP contribution in [0.3, 0.4) is 0 Å². The van der Waals surface area contributed by atoms with Crippen LogP contribution in [0.15, 0.2) is 40.3 Å². The molecule has 0 amide bonds. The van der Waals surface area contributed by atoms with Crippen LogP contribution in [-0.4, -0.2) is 18.1 Å². The predicted octanol–water partition coefficient (Wildman–Crippen LogP) is 2.88. The fraction of sp³-hybridized carbons (Fsp3) is 0.0769. The summed E-state index contributed by atoms with van der Waals surface area (Å²) in [5.41, 5.74) is 6.07. The van der Waals surface area contributed by atoms with Gasteiger partial charge in [-0.2, -0.15) is 0 Å². The van der Waals surface area contributed by atoms with Crippen LogP contribution in [0.4, 0.5) is 14.5 Å². The summed E-state index contributed by atoms with van der Waals surface area (Å²) < 4.78 is 30.9. The third-order valence-electron chi connectivity index (χ3n) is 2.38. The molecule has 0 aliphatic rings. The van der Waals surface area contributed by atoms with Crippen molar-refractivity contribution in [2.75, 3.05) is 12.8 Å². The molecule has 20 heavy (non-hydrogen) atoms. The van der Waals surface area contributed by atoms with Crippen LogP contribution in [-0.2, 0) is 4.74 Å². The summed E-state index contributed by atoms with van der Waals surface area (Å²) in [4.78, 5) is 15.5. The summed E-state index contributed by atoms with van der Waals surface area (Å²) in [6.07, 6.45) is 0. The second-order valence-electron chi connectivity index (χ2n) is 3.76. The zero-order chi connectivity index (χ0) is 14.7. The van der Waals surface area contributed by atoms with Gasteiger partial charge in [-0.25, -0.2) is 18.6 Å². The fourth-order valence-corrected chi connectivity index (χ4v) is 2.24. The summed E-state index contributed by atoms with van der Waals surface area (Å²) in [5.74, 6) is -2.01. The molecular weight excluding hydrogens is 286 g/mol. The van der Waals surface area contributed by atoms with Crippen LogP contribution >= 0.6 is 11.8 Å². The summed E-state index contributed by atoms with van der Waals surface area (Å²) in [7, 11) is 1.23. The lowest BCUT2D eigenvalue weighted by molar-refractivity contribution is 0.0593. The maximum Gasteiger partial charge on any atom is 0.356 e. The van der Waals surface area contributed by atoms with Crippen molar-refractivity contribution in [1.82, 2.24) is 4.98 Å². The molecule has 0 saturated heterocycles. The third-order valence-corrected chi connectivity index (χ3v) is 3.46. The Balaban J connectivity index is 2.35. The number of halogens is 2. The lowest BCUT2D eigenvalue weighted by atomic mass is 10.3. The van der Waals surface area contributed by atoms with E-state index in [0.717, 1.165) is 23.9 Å². The zero-order valence-electron chi connectivity index (χ0n) is 10.4. The van der Waals surface area contributed by atoms with E-state index in [1.54, 1.807) is 0 Å². The van der Waals surface area contributed by atoms with Gasteiger partial charge in [0.05, 0.1) is 12.8 Å². The summed E-state index contributed by atoms with van der Waals surface area (Å²) in [6.45, 7) is 0. The predicted molar refractivity (Wildman–Crippen MR) is 70.5 cm³/mol. The van der Waals surface area contributed by atoms with Crippen molar-refractivity contribution < 1.29 is 18.3 Å². The molecule has 2 N–H and O–H groups in total. The van der Waals surface area contributed by atoms with Crippen LogP contribution in [0.1, 0.15) is 10.5 Å². The molecule has 0 fully saturated rings. The van der Waals surface area contributed by atoms with Crippen molar-refractivity contribution >= 4 is 23.4 Å². The van der Waals surface area contributed by atoms with E-state index >= 15 is 0 Å². The minimum atomic E-state index is -0.723. The van der Waals surface area contributed by atoms with Crippen molar-refractivity contribution in [3.8, 4) is 0 Å². The van der Waals surface area contributed by atoms with Gasteiger partial charge in [0.25, 0.3) is 0 Å². The molecule has 0 spiro atoms. The first-order chi connectivity index (χ1) is 9.51. The Kier molecular flexibility index (Phi) is 4.19. The molecule has 0 saturated carbocycles. The van der Waals surface area contributed by atoms with Gasteiger partial charge in [0.15, 0.2) is 0 Å². The highest BCUT2D eigenvalue weighted by Gasteiger charge is 2.13. The number of aromatic nitrogens is 1. The van der Waals surface area contributed by atoms with Crippen LogP contribution in [0.2, 0.25) is 0 Å². The molecule has 0 aliphatic heterocycles. The van der Waals surface area contributed by atoms with Gasteiger partial charge in [0, 0.05) is 11.0 Å². The lowest BCUT2D eigenvalue weighted by Crippen LogP contribution is -2.06. The molecule has 0 unspecified atom stereocenters. The van der Waals surface area contributed by atoms with Crippen molar-refractivity contribution in [3.05, 3.63) is 47.7 Å². The summed E-state index contributed by atoms with van der Waals surface area (Å²) in [5, 5.41) is 0.249. The number of rotatable bonds is 3. The molecule has 1 heterocycles. The third kappa shape index (κ3) is 3.05. The number of hydrogen-bond donors (Lipinski definition) is 1. The number of pyridine rings is 1. The first-order valence-electron chi connectivity index (χ1n) is 5.49. The zero-order valence-corrected chi connectivity index (χ0v) is 11.2. The van der Waals surface area contributed by atoms with Crippen molar-refractivity contribution in [2.24, 2.45) is 0 Å². The number of methoxy groups -OCH3 is 1. The molecule has 0 atom stereocenters. The van der Waals surface area contributed by atoms with Crippen molar-refractivity contribution in [3.63, 3.8) is 0 Å². The number of nitrogen functional groups attached to an aromatic ring is 1. The van der Waals surface area contributed by atoms with Gasteiger partial charge in [-0.1, -0.05) is 11.8 Å². The van der Waals surface area contributed by atoms with Gasteiger partial charge < -0.3 is 10.5 Å². The standard InChI is InChI=1S/C13H10F2N2O2S/c1-19-13(18)10-4-3-9(16)12(17-10)20-11-5-2-7(14)6-8(11)15/h2-6H,16H2,1H3. The Hall–Kier alpha value is -2.15. The molecule has 0 bridgehead atoms. The monoisotopic (exact) mass is 296 g/mol. The van der Waals surface area contributed by atoms with E-state index in [4.69, 9.17) is 5.73 Å². The average molecular weight is 296 g/mol. The number of hydrogen-bond acceptors (Lipinski definition) is 5. The van der Waals surface area contributed by atoms with Crippen LogP contribution in [0.5, 0.6) is 0 Å². The van der Waals surface area contributed by atoms with E-state index < -0.39 is 17.6 Å². The van der Waals surface area contributed by atoms with E-state index in [1.165, 1.54) is 25.3 Å². The quantitative estimate of drug-likeness (QED) is 0.882. The van der Waals surface area contributed by atoms with E-state index in [9.17, 15) is 13.6 Å². The fourth-order valence-electron chi connectivity index (χ4n) is 1.41. The van der Waals surface area contributed by atoms with Gasteiger partial charge in [-0.15, -0.1) is 0 Å². The molecule has 1 aromatic carbocycles. The summed E-state index contributed by atoms with van der Waals surface area (Å²) >= 11 is 0.906. The van der Waals surface area contributed by atoms with Gasteiger partial charge in [-0.05, 0) is 24.3 Å². The molecule has 2 aromatic rings. The van der Waals surface area contributed by atoms with Gasteiger partial charge in [0.1, 0.15) is 22.4 Å². The number of esters is 1. The maximum atomic E-state index is 13.6. The first-order valence-corrected chi connectivity index (χ1v) is 6.30. The maximum absolute atomic E-state index is 13.6. The Labute approximate surface area is 118 Å². The summed E-state index contributed by atoms with van der Waals surface area (Å²) in [6, 6.07) is 6.06. The van der Waals surface area contributed by atoms with Crippen molar-refractivity contribution in [2.45, 2.75) is 9.92 Å². The van der Waals surface area contributed by atoms with Gasteiger partial charge in [-0.3, -0.25) is 0 Å². The number of carbonyl (C=O) groups excluding carboxylic acids is 1. The minimum absolute atomic E-state index is 0.0618. The Morgan fingerprint density at radius 2 is 2.05 bits per heavy atom. The minimum Gasteiger partial charge on any atom is -0.464 e. The molecule has 1 aromatic heterocycles. The van der Waals surface area contributed by atoms with Crippen LogP contribution in [0.25, 0.3) is 0 Å². The average Bonchev–Trinajstić information content (AvgIpc) is 2.43. The van der Waals surface area contributed by atoms with Crippen molar-refractivity contribution in [1.29, 1.82) is 0 Å². The lowest BCUT2D eigenvalue weighted by Gasteiger charge is -2.07. The molecule has 4 nitrogen and oxygen atoms in total. The molecular formula is C13H10F2N2O2S. The Morgan fingerprint density at radius 3 is 2.70 bits per heavy atom. The molecule has 0 aliphatic carbocycles. The smallest absolute Gasteiger partial charge is 0.356 e. The van der Waals surface area contributed by atoms with Crippen LogP contribution in [0, 0.1) is 11.6 Å². The van der Waals surface area contributed by atoms with E-state index in [1.807, 2.05) is 0 Å². The number of benzene rings is 1. The number of ether oxygens (including phenoxy) is 1. The SMILES string of the molecule is COC(=O)c1ccc(N)c(Sc2ccc(F)cc2F)n1. The Morgan fingerprint density at radius 1 is 1.30 bits per heavy atom. The molecule has 7 heteroatoms. The van der Waals surface area contributed by atoms with E-state index in [2.05, 4.69) is 9.72 Å². The van der Waals surface area contributed by atoms with Crippen LogP contribution < -0.4 is 5.73 Å². The number of carbonyl (C=O) groups is 1. The second kappa shape index (κ2) is 5.87. The number of nitrogens with two attached hydrogens (primary N) is 1. The molecule has 2 rings (SSSR count). The van der Waals surface area contributed by atoms with Gasteiger partial charge >= 0.3 is 5.97 Å². The number of nitrogens with zero attached hydrogens (tertiary/aromatic N) is 1. The highest BCUT2D eigenvalue weighted by Crippen LogP contribution is 2.32. The van der Waals surface area contributed by atoms with E-state index in [-0.39, 0.29) is 21.3 Å². The highest BCUT2D eigenvalue weighted by atomic mass is 32.2. The largest absolute Gasteiger partial charge is 0.464 e. The Bertz CT molecular complexity index is 665. The molecule has 104 valence electrons. The highest BCUT2D eigenvalue weighted by molar-refractivity contribution is 7.99. The second-order valence-corrected chi connectivity index (χ2v) is 4.79. The topological polar surface area (TPSA) is 65.2 Å². The first kappa shape index (κ1) is 14.3. The van der Waals surface area contributed by atoms with E-state index in [0.29, 0.717) is 0 Å². The van der Waals surface area contributed by atoms with Gasteiger partial charge in [0.2, 0.25) is 0 Å². The normalized spacial score (nSPS) is 10.3. The number of anilines is 1. The molecule has 0 radical (unpaired) electrons.